The third-order valence-corrected chi connectivity index (χ3v) is 17.1. The predicted octanol–water partition coefficient (Wildman–Crippen LogP) is 23.9. The minimum atomic E-state index is -0.668. The molecule has 0 radical (unpaired) electrons. The van der Waals surface area contributed by atoms with Crippen LogP contribution in [-0.4, -0.2) is 47.4 Å². The van der Waals surface area contributed by atoms with Crippen molar-refractivity contribution in [1.29, 1.82) is 0 Å². The Hall–Kier alpha value is -1.92. The van der Waals surface area contributed by atoms with Crippen LogP contribution in [0.1, 0.15) is 406 Å². The molecule has 478 valence electrons. The fourth-order valence-electron chi connectivity index (χ4n) is 11.6. The van der Waals surface area contributed by atoms with Crippen molar-refractivity contribution >= 4 is 11.9 Å². The molecule has 0 saturated carbocycles. The van der Waals surface area contributed by atoms with Crippen LogP contribution in [0.5, 0.6) is 0 Å². The summed E-state index contributed by atoms with van der Waals surface area (Å²) in [5.74, 6) is -0.0327. The summed E-state index contributed by atoms with van der Waals surface area (Å²) in [5, 5.41) is 23.5. The number of hydrogen-bond donors (Lipinski definition) is 3. The molecule has 0 aliphatic carbocycles. The van der Waals surface area contributed by atoms with Gasteiger partial charge in [-0.3, -0.25) is 9.59 Å². The van der Waals surface area contributed by atoms with Crippen molar-refractivity contribution in [2.45, 2.75) is 418 Å². The second-order valence-corrected chi connectivity index (χ2v) is 25.3. The zero-order valence-electron chi connectivity index (χ0n) is 54.8. The van der Waals surface area contributed by atoms with E-state index in [2.05, 4.69) is 55.6 Å². The quantitative estimate of drug-likeness (QED) is 0.0320. The summed E-state index contributed by atoms with van der Waals surface area (Å²) in [6, 6.07) is -0.545. The van der Waals surface area contributed by atoms with E-state index in [1.165, 1.54) is 321 Å². The molecule has 1 amide bonds. The van der Waals surface area contributed by atoms with E-state index >= 15 is 0 Å². The van der Waals surface area contributed by atoms with Gasteiger partial charge in [-0.2, -0.15) is 0 Å². The molecule has 0 heterocycles. The SMILES string of the molecule is CCC/C=C\C/C=C\CCCCCCCC(=O)OCCCCCCCCCCCCCC/C=C\CCCCCCCCCCCCC(=O)NC(CO)C(O)CCCCCCCCCCCCCCCCCCCCCCCCCCC. The Morgan fingerprint density at radius 1 is 0.346 bits per heavy atom. The topological polar surface area (TPSA) is 95.9 Å². The number of nitrogens with one attached hydrogen (secondary N) is 1. The standard InChI is InChI=1S/C75H143NO5/c1-3-5-7-9-11-13-15-17-18-19-20-21-22-25-28-31-34-37-40-44-47-51-55-59-63-67-73(78)72(71-77)76-74(79)68-64-60-56-52-48-45-41-38-35-32-29-26-23-24-27-30-33-36-39-42-46-50-54-58-62-66-70-81-75(80)69-65-61-57-53-49-43-16-14-12-10-8-6-4-2/h8,10,14,16,23,26,72-73,77-78H,3-7,9,11-13,15,17-22,24-25,27-71H2,1-2H3,(H,76,79)/b10-8-,16-14-,26-23-. The molecule has 0 aromatic rings. The van der Waals surface area contributed by atoms with E-state index in [1.807, 2.05) is 0 Å². The number of carbonyl (C=O) groups is 2. The van der Waals surface area contributed by atoms with Gasteiger partial charge in [0.1, 0.15) is 0 Å². The monoisotopic (exact) mass is 1140 g/mol. The first-order chi connectivity index (χ1) is 40.0. The largest absolute Gasteiger partial charge is 0.466 e. The lowest BCUT2D eigenvalue weighted by molar-refractivity contribution is -0.143. The summed E-state index contributed by atoms with van der Waals surface area (Å²) >= 11 is 0. The lowest BCUT2D eigenvalue weighted by atomic mass is 10.0. The molecule has 0 saturated heterocycles. The fraction of sp³-hybridized carbons (Fsp3) is 0.893. The van der Waals surface area contributed by atoms with Gasteiger partial charge in [0.25, 0.3) is 0 Å². The van der Waals surface area contributed by atoms with Gasteiger partial charge in [-0.05, 0) is 77.0 Å². The Morgan fingerprint density at radius 2 is 0.642 bits per heavy atom. The van der Waals surface area contributed by atoms with Crippen LogP contribution in [0.15, 0.2) is 36.5 Å². The van der Waals surface area contributed by atoms with Crippen molar-refractivity contribution in [3.05, 3.63) is 36.5 Å². The number of esters is 1. The fourth-order valence-corrected chi connectivity index (χ4v) is 11.6. The van der Waals surface area contributed by atoms with Gasteiger partial charge >= 0.3 is 5.97 Å². The van der Waals surface area contributed by atoms with Gasteiger partial charge in [-0.25, -0.2) is 0 Å². The number of aliphatic hydroxyl groups is 2. The van der Waals surface area contributed by atoms with Crippen LogP contribution in [0.25, 0.3) is 0 Å². The number of hydrogen-bond acceptors (Lipinski definition) is 5. The van der Waals surface area contributed by atoms with Gasteiger partial charge in [0.05, 0.1) is 25.4 Å². The van der Waals surface area contributed by atoms with Crippen LogP contribution in [0.2, 0.25) is 0 Å². The summed E-state index contributed by atoms with van der Waals surface area (Å²) in [7, 11) is 0. The van der Waals surface area contributed by atoms with Crippen molar-refractivity contribution < 1.29 is 24.5 Å². The highest BCUT2D eigenvalue weighted by molar-refractivity contribution is 5.76. The lowest BCUT2D eigenvalue weighted by Gasteiger charge is -2.22. The number of rotatable bonds is 69. The molecule has 0 bridgehead atoms. The van der Waals surface area contributed by atoms with Gasteiger partial charge in [0.15, 0.2) is 0 Å². The minimum absolute atomic E-state index is 0.000453. The van der Waals surface area contributed by atoms with E-state index in [9.17, 15) is 19.8 Å². The normalized spacial score (nSPS) is 12.7. The Morgan fingerprint density at radius 3 is 1.00 bits per heavy atom. The maximum absolute atomic E-state index is 12.6. The van der Waals surface area contributed by atoms with Crippen molar-refractivity contribution in [2.75, 3.05) is 13.2 Å². The van der Waals surface area contributed by atoms with Gasteiger partial charge in [0, 0.05) is 12.8 Å². The van der Waals surface area contributed by atoms with Gasteiger partial charge in [-0.15, -0.1) is 0 Å². The highest BCUT2D eigenvalue weighted by atomic mass is 16.5. The minimum Gasteiger partial charge on any atom is -0.466 e. The molecule has 81 heavy (non-hydrogen) atoms. The molecule has 2 atom stereocenters. The first kappa shape index (κ1) is 79.1. The Balaban J connectivity index is 3.40. The first-order valence-electron chi connectivity index (χ1n) is 36.7. The Kier molecular flexibility index (Phi) is 68.9. The predicted molar refractivity (Wildman–Crippen MR) is 356 cm³/mol. The van der Waals surface area contributed by atoms with Crippen LogP contribution in [0.4, 0.5) is 0 Å². The second kappa shape index (κ2) is 70.6. The number of allylic oxidation sites excluding steroid dienone is 6. The number of amides is 1. The van der Waals surface area contributed by atoms with E-state index in [-0.39, 0.29) is 18.5 Å². The van der Waals surface area contributed by atoms with E-state index < -0.39 is 12.1 Å². The summed E-state index contributed by atoms with van der Waals surface area (Å²) < 4.78 is 5.47. The van der Waals surface area contributed by atoms with E-state index in [0.29, 0.717) is 25.9 Å². The smallest absolute Gasteiger partial charge is 0.305 e. The molecule has 3 N–H and O–H groups in total. The Labute approximate surface area is 506 Å². The molecule has 6 nitrogen and oxygen atoms in total. The highest BCUT2D eigenvalue weighted by Gasteiger charge is 2.20. The molecule has 0 rings (SSSR count). The maximum Gasteiger partial charge on any atom is 0.305 e. The van der Waals surface area contributed by atoms with Crippen molar-refractivity contribution in [3.8, 4) is 0 Å². The van der Waals surface area contributed by atoms with Crippen LogP contribution in [0.3, 0.4) is 0 Å². The van der Waals surface area contributed by atoms with Crippen molar-refractivity contribution in [3.63, 3.8) is 0 Å². The molecule has 0 aliphatic rings. The van der Waals surface area contributed by atoms with E-state index in [4.69, 9.17) is 4.74 Å². The van der Waals surface area contributed by atoms with E-state index in [1.54, 1.807) is 0 Å². The van der Waals surface area contributed by atoms with Crippen molar-refractivity contribution in [1.82, 2.24) is 5.32 Å². The summed E-state index contributed by atoms with van der Waals surface area (Å²) in [4.78, 5) is 24.6. The molecule has 0 aromatic heterocycles. The maximum atomic E-state index is 12.6. The first-order valence-corrected chi connectivity index (χ1v) is 36.7. The number of unbranched alkanes of at least 4 members (excludes halogenated alkanes) is 52. The molecular weight excluding hydrogens is 995 g/mol. The molecule has 0 aromatic carbocycles. The number of aliphatic hydroxyl groups excluding tert-OH is 2. The average molecular weight is 1140 g/mol. The molecular formula is C75H143NO5. The van der Waals surface area contributed by atoms with Crippen molar-refractivity contribution in [2.24, 2.45) is 0 Å². The van der Waals surface area contributed by atoms with Gasteiger partial charge < -0.3 is 20.3 Å². The summed E-state index contributed by atoms with van der Waals surface area (Å²) in [5.41, 5.74) is 0. The molecule has 2 unspecified atom stereocenters. The van der Waals surface area contributed by atoms with Crippen LogP contribution < -0.4 is 5.32 Å². The van der Waals surface area contributed by atoms with Crippen LogP contribution >= 0.6 is 0 Å². The zero-order valence-corrected chi connectivity index (χ0v) is 54.8. The average Bonchev–Trinajstić information content (AvgIpc) is 3.47. The van der Waals surface area contributed by atoms with Crippen LogP contribution in [0, 0.1) is 0 Å². The summed E-state index contributed by atoms with van der Waals surface area (Å²) in [6.45, 7) is 4.92. The molecule has 0 fully saturated rings. The summed E-state index contributed by atoms with van der Waals surface area (Å²) in [6.07, 6.45) is 90.6. The second-order valence-electron chi connectivity index (χ2n) is 25.3. The van der Waals surface area contributed by atoms with Gasteiger partial charge in [-0.1, -0.05) is 352 Å². The van der Waals surface area contributed by atoms with E-state index in [0.717, 1.165) is 51.4 Å². The lowest BCUT2D eigenvalue weighted by Crippen LogP contribution is -2.45. The number of ether oxygens (including phenoxy) is 1. The third kappa shape index (κ3) is 67.1. The third-order valence-electron chi connectivity index (χ3n) is 17.1. The molecule has 6 heteroatoms. The molecule has 0 aliphatic heterocycles. The van der Waals surface area contributed by atoms with Gasteiger partial charge in [0.2, 0.25) is 5.91 Å². The zero-order chi connectivity index (χ0) is 58.5. The number of carbonyl (C=O) groups excluding carboxylic acids is 2. The highest BCUT2D eigenvalue weighted by Crippen LogP contribution is 2.19. The Bertz CT molecular complexity index is 1310. The van der Waals surface area contributed by atoms with Crippen LogP contribution in [-0.2, 0) is 14.3 Å². The molecule has 0 spiro atoms.